The molecule has 6 heteroatoms. The molecule has 1 fully saturated rings. The third-order valence-corrected chi connectivity index (χ3v) is 3.87. The van der Waals surface area contributed by atoms with Gasteiger partial charge < -0.3 is 9.84 Å². The van der Waals surface area contributed by atoms with Gasteiger partial charge in [-0.25, -0.2) is 0 Å². The number of nitrogens with zero attached hydrogens (tertiary/aromatic N) is 2. The Morgan fingerprint density at radius 3 is 2.68 bits per heavy atom. The van der Waals surface area contributed by atoms with E-state index in [0.29, 0.717) is 27.3 Å². The summed E-state index contributed by atoms with van der Waals surface area (Å²) in [5, 5.41) is 8.44. The number of rotatable bonds is 2. The predicted octanol–water partition coefficient (Wildman–Crippen LogP) is 3.86. The molecule has 100 valence electrons. The van der Waals surface area contributed by atoms with Crippen LogP contribution in [0.3, 0.4) is 0 Å². The van der Waals surface area contributed by atoms with Crippen LogP contribution in [0.2, 0.25) is 10.0 Å². The summed E-state index contributed by atoms with van der Waals surface area (Å²) in [7, 11) is 0. The van der Waals surface area contributed by atoms with E-state index in [1.807, 2.05) is 0 Å². The lowest BCUT2D eigenvalue weighted by Crippen LogP contribution is -2.27. The topological polar surface area (TPSA) is 51.0 Å². The van der Waals surface area contributed by atoms with E-state index in [0.717, 1.165) is 13.0 Å². The van der Waals surface area contributed by atoms with E-state index >= 15 is 0 Å². The van der Waals surface area contributed by atoms with E-state index < -0.39 is 0 Å². The zero-order chi connectivity index (χ0) is 13.2. The van der Waals surface area contributed by atoms with Crippen LogP contribution in [0.15, 0.2) is 22.7 Å². The minimum atomic E-state index is 0.160. The highest BCUT2D eigenvalue weighted by Crippen LogP contribution is 2.34. The molecule has 1 N–H and O–H groups in total. The van der Waals surface area contributed by atoms with Gasteiger partial charge in [-0.3, -0.25) is 0 Å². The predicted molar refractivity (Wildman–Crippen MR) is 74.3 cm³/mol. The van der Waals surface area contributed by atoms with Gasteiger partial charge >= 0.3 is 0 Å². The Kier molecular flexibility index (Phi) is 3.73. The Morgan fingerprint density at radius 1 is 1.21 bits per heavy atom. The molecule has 2 aromatic rings. The first kappa shape index (κ1) is 12.9. The van der Waals surface area contributed by atoms with Crippen LogP contribution in [0.25, 0.3) is 11.5 Å². The summed E-state index contributed by atoms with van der Waals surface area (Å²) in [5.41, 5.74) is 0.598. The molecule has 0 saturated carbocycles. The van der Waals surface area contributed by atoms with Crippen molar-refractivity contribution in [2.75, 3.05) is 6.54 Å². The number of hydrogen-bond acceptors (Lipinski definition) is 4. The fourth-order valence-corrected chi connectivity index (χ4v) is 2.81. The van der Waals surface area contributed by atoms with Crippen LogP contribution in [0.1, 0.15) is 31.1 Å². The molecule has 1 aliphatic heterocycles. The maximum Gasteiger partial charge on any atom is 0.261 e. The van der Waals surface area contributed by atoms with Gasteiger partial charge in [-0.05, 0) is 31.5 Å². The van der Waals surface area contributed by atoms with Crippen molar-refractivity contribution in [3.05, 3.63) is 34.1 Å². The summed E-state index contributed by atoms with van der Waals surface area (Å²) >= 11 is 12.3. The molecule has 0 aliphatic carbocycles. The molecule has 1 unspecified atom stereocenters. The van der Waals surface area contributed by atoms with E-state index in [1.54, 1.807) is 18.2 Å². The summed E-state index contributed by atoms with van der Waals surface area (Å²) < 4.78 is 5.30. The van der Waals surface area contributed by atoms with Crippen LogP contribution in [0.4, 0.5) is 0 Å². The first-order valence-electron chi connectivity index (χ1n) is 6.27. The maximum absolute atomic E-state index is 6.13. The van der Waals surface area contributed by atoms with E-state index in [2.05, 4.69) is 15.5 Å². The van der Waals surface area contributed by atoms with E-state index in [-0.39, 0.29) is 6.04 Å². The van der Waals surface area contributed by atoms with Crippen LogP contribution >= 0.6 is 23.2 Å². The molecule has 0 bridgehead atoms. The second-order valence-corrected chi connectivity index (χ2v) is 5.37. The lowest BCUT2D eigenvalue weighted by molar-refractivity contribution is 0.367. The van der Waals surface area contributed by atoms with Crippen LogP contribution < -0.4 is 5.32 Å². The number of benzene rings is 1. The fraction of sp³-hybridized carbons (Fsp3) is 0.385. The van der Waals surface area contributed by atoms with Gasteiger partial charge in [-0.1, -0.05) is 40.8 Å². The first-order chi connectivity index (χ1) is 9.25. The van der Waals surface area contributed by atoms with Gasteiger partial charge in [-0.2, -0.15) is 4.98 Å². The lowest BCUT2D eigenvalue weighted by atomic mass is 10.0. The fourth-order valence-electron chi connectivity index (χ4n) is 2.25. The average Bonchev–Trinajstić information content (AvgIpc) is 2.89. The molecule has 1 aromatic heterocycles. The van der Waals surface area contributed by atoms with Crippen molar-refractivity contribution in [2.45, 2.75) is 25.3 Å². The Morgan fingerprint density at radius 2 is 2.00 bits per heavy atom. The second kappa shape index (κ2) is 5.49. The van der Waals surface area contributed by atoms with Gasteiger partial charge in [0.05, 0.1) is 21.7 Å². The Balaban J connectivity index is 1.92. The normalized spacial score (nSPS) is 19.6. The Bertz CT molecular complexity index is 559. The highest BCUT2D eigenvalue weighted by molar-refractivity contribution is 6.38. The van der Waals surface area contributed by atoms with E-state index in [4.69, 9.17) is 27.7 Å². The van der Waals surface area contributed by atoms with Crippen LogP contribution in [-0.4, -0.2) is 16.7 Å². The molecule has 1 atom stereocenters. The highest BCUT2D eigenvalue weighted by Gasteiger charge is 2.22. The van der Waals surface area contributed by atoms with Crippen LogP contribution in [-0.2, 0) is 0 Å². The number of nitrogens with one attached hydrogen (secondary N) is 1. The Hall–Kier alpha value is -1.10. The molecule has 4 nitrogen and oxygen atoms in total. The summed E-state index contributed by atoms with van der Waals surface area (Å²) in [6.45, 7) is 0.987. The third-order valence-electron chi connectivity index (χ3n) is 3.24. The molecule has 1 saturated heterocycles. The van der Waals surface area contributed by atoms with Gasteiger partial charge in [-0.15, -0.1) is 0 Å². The van der Waals surface area contributed by atoms with Crippen molar-refractivity contribution < 1.29 is 4.52 Å². The van der Waals surface area contributed by atoms with Gasteiger partial charge in [0.1, 0.15) is 0 Å². The monoisotopic (exact) mass is 297 g/mol. The quantitative estimate of drug-likeness (QED) is 0.914. The van der Waals surface area contributed by atoms with Crippen LogP contribution in [0.5, 0.6) is 0 Å². The first-order valence-corrected chi connectivity index (χ1v) is 7.02. The molecule has 19 heavy (non-hydrogen) atoms. The maximum atomic E-state index is 6.13. The molecule has 1 aromatic carbocycles. The largest absolute Gasteiger partial charge is 0.334 e. The minimum absolute atomic E-state index is 0.160. The minimum Gasteiger partial charge on any atom is -0.334 e. The van der Waals surface area contributed by atoms with Crippen molar-refractivity contribution in [2.24, 2.45) is 0 Å². The van der Waals surface area contributed by atoms with Gasteiger partial charge in [0.2, 0.25) is 0 Å². The molecular weight excluding hydrogens is 285 g/mol. The van der Waals surface area contributed by atoms with Crippen molar-refractivity contribution in [3.63, 3.8) is 0 Å². The number of aromatic nitrogens is 2. The zero-order valence-corrected chi connectivity index (χ0v) is 11.7. The summed E-state index contributed by atoms with van der Waals surface area (Å²) in [4.78, 5) is 4.42. The van der Waals surface area contributed by atoms with E-state index in [1.165, 1.54) is 12.8 Å². The summed E-state index contributed by atoms with van der Waals surface area (Å²) in [6.07, 6.45) is 3.39. The lowest BCUT2D eigenvalue weighted by Gasteiger charge is -2.19. The van der Waals surface area contributed by atoms with Crippen molar-refractivity contribution in [1.82, 2.24) is 15.5 Å². The van der Waals surface area contributed by atoms with Gasteiger partial charge in [0, 0.05) is 0 Å². The molecule has 1 aliphatic rings. The number of piperidine rings is 1. The smallest absolute Gasteiger partial charge is 0.261 e. The summed E-state index contributed by atoms with van der Waals surface area (Å²) in [6, 6.07) is 5.46. The number of halogens is 2. The standard InChI is InChI=1S/C13H13Cl2N3O/c14-8-4-3-5-9(15)11(8)13-17-12(18-19-13)10-6-1-2-7-16-10/h3-5,10,16H,1-2,6-7H2. The Labute approximate surface area is 121 Å². The van der Waals surface area contributed by atoms with E-state index in [9.17, 15) is 0 Å². The summed E-state index contributed by atoms with van der Waals surface area (Å²) in [5.74, 6) is 1.05. The third kappa shape index (κ3) is 2.61. The molecule has 0 amide bonds. The van der Waals surface area contributed by atoms with Crippen molar-refractivity contribution in [3.8, 4) is 11.5 Å². The van der Waals surface area contributed by atoms with Crippen LogP contribution in [0, 0.1) is 0 Å². The van der Waals surface area contributed by atoms with Gasteiger partial charge in [0.25, 0.3) is 5.89 Å². The molecule has 0 spiro atoms. The molecule has 0 radical (unpaired) electrons. The van der Waals surface area contributed by atoms with Crippen molar-refractivity contribution >= 4 is 23.2 Å². The van der Waals surface area contributed by atoms with Crippen molar-refractivity contribution in [1.29, 1.82) is 0 Å². The highest BCUT2D eigenvalue weighted by atomic mass is 35.5. The molecular formula is C13H13Cl2N3O. The second-order valence-electron chi connectivity index (χ2n) is 4.56. The molecule has 2 heterocycles. The zero-order valence-electron chi connectivity index (χ0n) is 10.2. The SMILES string of the molecule is Clc1cccc(Cl)c1-c1nc(C2CCCCN2)no1. The number of hydrogen-bond donors (Lipinski definition) is 1. The average molecular weight is 298 g/mol. The molecule has 3 rings (SSSR count). The van der Waals surface area contributed by atoms with Gasteiger partial charge in [0.15, 0.2) is 5.82 Å².